The van der Waals surface area contributed by atoms with Gasteiger partial charge in [0.2, 0.25) is 10.0 Å². The summed E-state index contributed by atoms with van der Waals surface area (Å²) in [7, 11) is -4.16. The Hall–Kier alpha value is -1.81. The van der Waals surface area contributed by atoms with Crippen LogP contribution in [0, 0.1) is 0 Å². The van der Waals surface area contributed by atoms with Gasteiger partial charge in [0.1, 0.15) is 11.8 Å². The first kappa shape index (κ1) is 19.2. The summed E-state index contributed by atoms with van der Waals surface area (Å²) in [5, 5.41) is 9.01. The predicted molar refractivity (Wildman–Crippen MR) is 74.4 cm³/mol. The zero-order chi connectivity index (χ0) is 17.7. The Bertz CT molecular complexity index is 628. The van der Waals surface area contributed by atoms with Gasteiger partial charge in [-0.1, -0.05) is 19.8 Å². The SMILES string of the molecule is CCCC[C@H](NS(=O)(=O)c1ccc(OC(F)(F)F)cc1)C(=O)O. The van der Waals surface area contributed by atoms with E-state index in [4.69, 9.17) is 5.11 Å². The fourth-order valence-electron chi connectivity index (χ4n) is 1.72. The molecule has 1 atom stereocenters. The molecule has 130 valence electrons. The van der Waals surface area contributed by atoms with Gasteiger partial charge in [0, 0.05) is 0 Å². The smallest absolute Gasteiger partial charge is 0.480 e. The highest BCUT2D eigenvalue weighted by molar-refractivity contribution is 7.89. The van der Waals surface area contributed by atoms with Crippen LogP contribution in [0.15, 0.2) is 29.2 Å². The number of carbonyl (C=O) groups is 1. The lowest BCUT2D eigenvalue weighted by Gasteiger charge is -2.15. The van der Waals surface area contributed by atoms with Crippen molar-refractivity contribution in [1.29, 1.82) is 0 Å². The molecule has 0 aromatic heterocycles. The van der Waals surface area contributed by atoms with Gasteiger partial charge in [-0.2, -0.15) is 4.72 Å². The highest BCUT2D eigenvalue weighted by Crippen LogP contribution is 2.24. The minimum Gasteiger partial charge on any atom is -0.480 e. The topological polar surface area (TPSA) is 92.7 Å². The van der Waals surface area contributed by atoms with Crippen molar-refractivity contribution >= 4 is 16.0 Å². The van der Waals surface area contributed by atoms with Gasteiger partial charge in [0.15, 0.2) is 0 Å². The number of benzene rings is 1. The number of nitrogens with one attached hydrogen (secondary N) is 1. The van der Waals surface area contributed by atoms with Crippen LogP contribution in [0.4, 0.5) is 13.2 Å². The fourth-order valence-corrected chi connectivity index (χ4v) is 2.94. The number of halogens is 3. The number of ether oxygens (including phenoxy) is 1. The number of hydrogen-bond acceptors (Lipinski definition) is 4. The number of aliphatic carboxylic acids is 1. The zero-order valence-electron chi connectivity index (χ0n) is 12.1. The van der Waals surface area contributed by atoms with E-state index in [1.165, 1.54) is 0 Å². The maximum atomic E-state index is 12.1. The average molecular weight is 355 g/mol. The predicted octanol–water partition coefficient (Wildman–Crippen LogP) is 2.51. The minimum atomic E-state index is -4.88. The van der Waals surface area contributed by atoms with E-state index in [2.05, 4.69) is 4.74 Å². The van der Waals surface area contributed by atoms with Crippen LogP contribution in [0.2, 0.25) is 0 Å². The fraction of sp³-hybridized carbons (Fsp3) is 0.462. The van der Waals surface area contributed by atoms with Gasteiger partial charge in [-0.15, -0.1) is 13.2 Å². The first-order chi connectivity index (χ1) is 10.5. The van der Waals surface area contributed by atoms with Crippen LogP contribution < -0.4 is 9.46 Å². The van der Waals surface area contributed by atoms with Crippen LogP contribution in [0.1, 0.15) is 26.2 Å². The first-order valence-corrected chi connectivity index (χ1v) is 8.14. The average Bonchev–Trinajstić information content (AvgIpc) is 2.42. The molecule has 0 aliphatic rings. The summed E-state index contributed by atoms with van der Waals surface area (Å²) in [6.07, 6.45) is -3.57. The molecule has 0 aliphatic carbocycles. The van der Waals surface area contributed by atoms with Crippen molar-refractivity contribution in [3.05, 3.63) is 24.3 Å². The molecule has 0 aliphatic heterocycles. The first-order valence-electron chi connectivity index (χ1n) is 6.66. The standard InChI is InChI=1S/C13H16F3NO5S/c1-2-3-4-11(12(18)19)17-23(20,21)10-7-5-9(6-8-10)22-13(14,15)16/h5-8,11,17H,2-4H2,1H3,(H,18,19)/t11-/m0/s1. The van der Waals surface area contributed by atoms with Crippen LogP contribution in [0.5, 0.6) is 5.75 Å². The van der Waals surface area contributed by atoms with E-state index in [0.717, 1.165) is 24.3 Å². The Morgan fingerprint density at radius 3 is 2.30 bits per heavy atom. The lowest BCUT2D eigenvalue weighted by Crippen LogP contribution is -2.40. The molecule has 0 heterocycles. The highest BCUT2D eigenvalue weighted by atomic mass is 32.2. The molecule has 23 heavy (non-hydrogen) atoms. The number of alkyl halides is 3. The quantitative estimate of drug-likeness (QED) is 0.747. The van der Waals surface area contributed by atoms with Gasteiger partial charge in [-0.05, 0) is 30.7 Å². The molecular weight excluding hydrogens is 339 g/mol. The summed E-state index contributed by atoms with van der Waals surface area (Å²) in [5.74, 6) is -1.89. The van der Waals surface area contributed by atoms with Crippen LogP contribution in [0.3, 0.4) is 0 Å². The molecule has 1 aromatic rings. The van der Waals surface area contributed by atoms with Crippen LogP contribution in [-0.4, -0.2) is 31.9 Å². The van der Waals surface area contributed by atoms with Crippen LogP contribution in [0.25, 0.3) is 0 Å². The Labute approximate surface area is 131 Å². The van der Waals surface area contributed by atoms with Crippen molar-refractivity contribution in [3.8, 4) is 5.75 Å². The highest BCUT2D eigenvalue weighted by Gasteiger charge is 2.31. The van der Waals surface area contributed by atoms with Gasteiger partial charge in [-0.25, -0.2) is 8.42 Å². The number of unbranched alkanes of at least 4 members (excludes halogenated alkanes) is 1. The van der Waals surface area contributed by atoms with Crippen molar-refractivity contribution < 1.29 is 36.2 Å². The summed E-state index contributed by atoms with van der Waals surface area (Å²) in [4.78, 5) is 10.7. The van der Waals surface area contributed by atoms with E-state index in [1.807, 2.05) is 11.6 Å². The summed E-state index contributed by atoms with van der Waals surface area (Å²) < 4.78 is 65.9. The van der Waals surface area contributed by atoms with Crippen molar-refractivity contribution in [3.63, 3.8) is 0 Å². The number of sulfonamides is 1. The monoisotopic (exact) mass is 355 g/mol. The molecule has 0 fully saturated rings. The Morgan fingerprint density at radius 1 is 1.30 bits per heavy atom. The van der Waals surface area contributed by atoms with Gasteiger partial charge < -0.3 is 9.84 Å². The molecule has 0 saturated carbocycles. The van der Waals surface area contributed by atoms with E-state index < -0.39 is 34.1 Å². The molecule has 0 spiro atoms. The second-order valence-corrected chi connectivity index (χ2v) is 6.39. The molecular formula is C13H16F3NO5S. The maximum Gasteiger partial charge on any atom is 0.573 e. The number of carboxylic acid groups (broad SMARTS) is 1. The van der Waals surface area contributed by atoms with Crippen molar-refractivity contribution in [2.75, 3.05) is 0 Å². The lowest BCUT2D eigenvalue weighted by atomic mass is 10.1. The second kappa shape index (κ2) is 7.64. The van der Waals surface area contributed by atoms with E-state index in [-0.39, 0.29) is 11.3 Å². The molecule has 0 saturated heterocycles. The summed E-state index contributed by atoms with van der Waals surface area (Å²) in [6, 6.07) is 2.18. The van der Waals surface area contributed by atoms with Crippen molar-refractivity contribution in [2.45, 2.75) is 43.5 Å². The van der Waals surface area contributed by atoms with E-state index in [1.54, 1.807) is 0 Å². The van der Waals surface area contributed by atoms with Gasteiger partial charge >= 0.3 is 12.3 Å². The molecule has 0 bridgehead atoms. The summed E-state index contributed by atoms with van der Waals surface area (Å²) >= 11 is 0. The van der Waals surface area contributed by atoms with Crippen LogP contribution >= 0.6 is 0 Å². The zero-order valence-corrected chi connectivity index (χ0v) is 12.9. The largest absolute Gasteiger partial charge is 0.573 e. The van der Waals surface area contributed by atoms with E-state index >= 15 is 0 Å². The number of carboxylic acids is 1. The van der Waals surface area contributed by atoms with Crippen LogP contribution in [-0.2, 0) is 14.8 Å². The molecule has 0 unspecified atom stereocenters. The van der Waals surface area contributed by atoms with Gasteiger partial charge in [0.25, 0.3) is 0 Å². The Kier molecular flexibility index (Phi) is 6.39. The molecule has 0 radical (unpaired) electrons. The lowest BCUT2D eigenvalue weighted by molar-refractivity contribution is -0.274. The summed E-state index contributed by atoms with van der Waals surface area (Å²) in [5.41, 5.74) is 0. The molecule has 2 N–H and O–H groups in total. The maximum absolute atomic E-state index is 12.1. The molecule has 10 heteroatoms. The van der Waals surface area contributed by atoms with E-state index in [0.29, 0.717) is 12.8 Å². The van der Waals surface area contributed by atoms with Crippen molar-refractivity contribution in [1.82, 2.24) is 4.72 Å². The van der Waals surface area contributed by atoms with Gasteiger partial charge in [-0.3, -0.25) is 4.79 Å². The second-order valence-electron chi connectivity index (χ2n) is 4.67. The third-order valence-corrected chi connectivity index (χ3v) is 4.30. The normalized spacial score (nSPS) is 13.6. The number of hydrogen-bond donors (Lipinski definition) is 2. The molecule has 6 nitrogen and oxygen atoms in total. The van der Waals surface area contributed by atoms with Gasteiger partial charge in [0.05, 0.1) is 4.90 Å². The molecule has 1 rings (SSSR count). The Balaban J connectivity index is 2.88. The van der Waals surface area contributed by atoms with E-state index in [9.17, 15) is 26.4 Å². The number of rotatable bonds is 8. The van der Waals surface area contributed by atoms with Crippen molar-refractivity contribution in [2.24, 2.45) is 0 Å². The third kappa shape index (κ3) is 6.45. The Morgan fingerprint density at radius 2 is 1.87 bits per heavy atom. The summed E-state index contributed by atoms with van der Waals surface area (Å²) in [6.45, 7) is 1.83. The molecule has 0 amide bonds. The minimum absolute atomic E-state index is 0.111. The molecule has 1 aromatic carbocycles. The third-order valence-electron chi connectivity index (χ3n) is 2.81.